The van der Waals surface area contributed by atoms with Gasteiger partial charge in [0, 0.05) is 12.2 Å². The smallest absolute Gasteiger partial charge is 0.244 e. The van der Waals surface area contributed by atoms with Gasteiger partial charge in [-0.1, -0.05) is 30.3 Å². The Kier molecular flexibility index (Phi) is 3.14. The van der Waals surface area contributed by atoms with Crippen LogP contribution < -0.4 is 10.6 Å². The van der Waals surface area contributed by atoms with Crippen LogP contribution in [0.5, 0.6) is 0 Å². The van der Waals surface area contributed by atoms with Crippen molar-refractivity contribution in [2.24, 2.45) is 5.73 Å². The average molecular weight is 270 g/mol. The topological polar surface area (TPSA) is 46.3 Å². The summed E-state index contributed by atoms with van der Waals surface area (Å²) in [6.07, 6.45) is 0.890. The molecule has 0 aromatic heterocycles. The molecule has 1 aliphatic heterocycles. The number of rotatable bonds is 3. The molecule has 1 aliphatic rings. The Hall–Kier alpha value is -2.36. The van der Waals surface area contributed by atoms with E-state index < -0.39 is 11.9 Å². The molecule has 2 N–H and O–H groups in total. The first kappa shape index (κ1) is 12.7. The normalized spacial score (nSPS) is 14.9. The third-order valence-corrected chi connectivity index (χ3v) is 3.69. The van der Waals surface area contributed by atoms with Crippen molar-refractivity contribution < 1.29 is 9.18 Å². The first-order valence-corrected chi connectivity index (χ1v) is 6.56. The summed E-state index contributed by atoms with van der Waals surface area (Å²) in [7, 11) is 0. The second kappa shape index (κ2) is 4.96. The van der Waals surface area contributed by atoms with Crippen molar-refractivity contribution in [2.45, 2.75) is 12.5 Å². The fourth-order valence-corrected chi connectivity index (χ4v) is 2.77. The van der Waals surface area contributed by atoms with Crippen molar-refractivity contribution in [3.63, 3.8) is 0 Å². The maximum atomic E-state index is 13.0. The van der Waals surface area contributed by atoms with Crippen LogP contribution in [-0.4, -0.2) is 12.5 Å². The second-order valence-corrected chi connectivity index (χ2v) is 4.93. The molecule has 1 amide bonds. The van der Waals surface area contributed by atoms with Gasteiger partial charge in [-0.3, -0.25) is 4.79 Å². The van der Waals surface area contributed by atoms with Gasteiger partial charge in [0.15, 0.2) is 0 Å². The van der Waals surface area contributed by atoms with Crippen LogP contribution in [0, 0.1) is 5.82 Å². The molecule has 0 fully saturated rings. The molecule has 1 heterocycles. The van der Waals surface area contributed by atoms with E-state index in [9.17, 15) is 9.18 Å². The van der Waals surface area contributed by atoms with Crippen molar-refractivity contribution in [3.8, 4) is 0 Å². The molecule has 2 aromatic carbocycles. The molecular formula is C16H15FN2O. The largest absolute Gasteiger partial charge is 0.368 e. The highest BCUT2D eigenvalue weighted by Gasteiger charge is 2.30. The Balaban J connectivity index is 2.01. The number of hydrogen-bond acceptors (Lipinski definition) is 2. The minimum absolute atomic E-state index is 0.321. The summed E-state index contributed by atoms with van der Waals surface area (Å²) in [5.74, 6) is -0.743. The van der Waals surface area contributed by atoms with E-state index in [1.807, 2.05) is 23.1 Å². The molecule has 0 saturated carbocycles. The van der Waals surface area contributed by atoms with E-state index in [1.54, 1.807) is 12.1 Å². The fourth-order valence-electron chi connectivity index (χ4n) is 2.77. The number of benzene rings is 2. The summed E-state index contributed by atoms with van der Waals surface area (Å²) in [6, 6.07) is 13.4. The van der Waals surface area contributed by atoms with E-state index in [0.29, 0.717) is 0 Å². The van der Waals surface area contributed by atoms with Gasteiger partial charge >= 0.3 is 0 Å². The monoisotopic (exact) mass is 270 g/mol. The lowest BCUT2D eigenvalue weighted by molar-refractivity contribution is -0.119. The van der Waals surface area contributed by atoms with Gasteiger partial charge in [-0.2, -0.15) is 0 Å². The maximum absolute atomic E-state index is 13.0. The third kappa shape index (κ3) is 2.13. The van der Waals surface area contributed by atoms with Crippen LogP contribution >= 0.6 is 0 Å². The molecule has 0 saturated heterocycles. The zero-order chi connectivity index (χ0) is 14.1. The third-order valence-electron chi connectivity index (χ3n) is 3.69. The van der Waals surface area contributed by atoms with Gasteiger partial charge < -0.3 is 10.6 Å². The van der Waals surface area contributed by atoms with Crippen molar-refractivity contribution in [2.75, 3.05) is 11.4 Å². The van der Waals surface area contributed by atoms with Crippen LogP contribution in [0.15, 0.2) is 48.5 Å². The lowest BCUT2D eigenvalue weighted by Crippen LogP contribution is -2.36. The van der Waals surface area contributed by atoms with Crippen LogP contribution in [0.1, 0.15) is 17.2 Å². The van der Waals surface area contributed by atoms with Crippen LogP contribution in [-0.2, 0) is 11.2 Å². The molecule has 3 nitrogen and oxygen atoms in total. The number of nitrogens with zero attached hydrogens (tertiary/aromatic N) is 1. The highest BCUT2D eigenvalue weighted by molar-refractivity contribution is 5.86. The summed E-state index contributed by atoms with van der Waals surface area (Å²) in [5.41, 5.74) is 8.53. The Bertz CT molecular complexity index is 639. The lowest BCUT2D eigenvalue weighted by atomic mass is 10.0. The molecule has 3 rings (SSSR count). The summed E-state index contributed by atoms with van der Waals surface area (Å²) in [6.45, 7) is 0.740. The number of nitrogens with two attached hydrogens (primary N) is 1. The van der Waals surface area contributed by atoms with Crippen LogP contribution in [0.3, 0.4) is 0 Å². The molecule has 20 heavy (non-hydrogen) atoms. The van der Waals surface area contributed by atoms with Crippen molar-refractivity contribution in [1.82, 2.24) is 0 Å². The van der Waals surface area contributed by atoms with Gasteiger partial charge in [0.1, 0.15) is 11.9 Å². The van der Waals surface area contributed by atoms with E-state index in [2.05, 4.69) is 6.07 Å². The predicted molar refractivity (Wildman–Crippen MR) is 75.8 cm³/mol. The fraction of sp³-hybridized carbons (Fsp3) is 0.188. The molecule has 4 heteroatoms. The molecule has 2 aromatic rings. The van der Waals surface area contributed by atoms with Gasteiger partial charge in [0.2, 0.25) is 5.91 Å². The molecule has 1 atom stereocenters. The number of primary amides is 1. The number of amides is 1. The van der Waals surface area contributed by atoms with E-state index in [1.165, 1.54) is 17.7 Å². The lowest BCUT2D eigenvalue weighted by Gasteiger charge is -2.28. The highest BCUT2D eigenvalue weighted by Crippen LogP contribution is 2.34. The van der Waals surface area contributed by atoms with Crippen LogP contribution in [0.25, 0.3) is 0 Å². The summed E-state index contributed by atoms with van der Waals surface area (Å²) >= 11 is 0. The molecular weight excluding hydrogens is 255 g/mol. The summed E-state index contributed by atoms with van der Waals surface area (Å²) in [4.78, 5) is 13.9. The quantitative estimate of drug-likeness (QED) is 0.931. The standard InChI is InChI=1S/C16H15FN2O/c17-13-7-5-12(6-8-13)15(16(18)20)19-10-9-11-3-1-2-4-14(11)19/h1-8,15H,9-10H2,(H2,18,20)/t15-/m0/s1. The van der Waals surface area contributed by atoms with E-state index in [4.69, 9.17) is 5.73 Å². The van der Waals surface area contributed by atoms with E-state index in [-0.39, 0.29) is 5.82 Å². The van der Waals surface area contributed by atoms with Crippen molar-refractivity contribution in [3.05, 3.63) is 65.5 Å². The van der Waals surface area contributed by atoms with Crippen LogP contribution in [0.2, 0.25) is 0 Å². The molecule has 0 spiro atoms. The average Bonchev–Trinajstić information content (AvgIpc) is 2.85. The zero-order valence-corrected chi connectivity index (χ0v) is 10.9. The van der Waals surface area contributed by atoms with Crippen molar-refractivity contribution in [1.29, 1.82) is 0 Å². The SMILES string of the molecule is NC(=O)[C@H](c1ccc(F)cc1)N1CCc2ccccc21. The summed E-state index contributed by atoms with van der Waals surface area (Å²) in [5, 5.41) is 0. The molecule has 0 unspecified atom stereocenters. The minimum atomic E-state index is -0.556. The Labute approximate surface area is 116 Å². The number of carbonyl (C=O) groups is 1. The number of halogens is 1. The predicted octanol–water partition coefficient (Wildman–Crippen LogP) is 2.41. The molecule has 0 radical (unpaired) electrons. The number of carbonyl (C=O) groups excluding carboxylic acids is 1. The van der Waals surface area contributed by atoms with E-state index >= 15 is 0 Å². The number of hydrogen-bond donors (Lipinski definition) is 1. The molecule has 0 bridgehead atoms. The minimum Gasteiger partial charge on any atom is -0.368 e. The zero-order valence-electron chi connectivity index (χ0n) is 10.9. The second-order valence-electron chi connectivity index (χ2n) is 4.93. The van der Waals surface area contributed by atoms with E-state index in [0.717, 1.165) is 24.2 Å². The van der Waals surface area contributed by atoms with Gasteiger partial charge in [-0.15, -0.1) is 0 Å². The maximum Gasteiger partial charge on any atom is 0.244 e. The Morgan fingerprint density at radius 2 is 1.85 bits per heavy atom. The summed E-state index contributed by atoms with van der Waals surface area (Å²) < 4.78 is 13.0. The molecule has 102 valence electrons. The Morgan fingerprint density at radius 3 is 2.55 bits per heavy atom. The number of anilines is 1. The first-order chi connectivity index (χ1) is 9.66. The number of para-hydroxylation sites is 1. The highest BCUT2D eigenvalue weighted by atomic mass is 19.1. The van der Waals surface area contributed by atoms with Gasteiger partial charge in [-0.25, -0.2) is 4.39 Å². The van der Waals surface area contributed by atoms with Crippen molar-refractivity contribution >= 4 is 11.6 Å². The van der Waals surface area contributed by atoms with Gasteiger partial charge in [-0.05, 0) is 35.7 Å². The Morgan fingerprint density at radius 1 is 1.15 bits per heavy atom. The first-order valence-electron chi connectivity index (χ1n) is 6.56. The molecule has 0 aliphatic carbocycles. The van der Waals surface area contributed by atoms with Gasteiger partial charge in [0.25, 0.3) is 0 Å². The van der Waals surface area contributed by atoms with Gasteiger partial charge in [0.05, 0.1) is 0 Å². The van der Waals surface area contributed by atoms with Crippen LogP contribution in [0.4, 0.5) is 10.1 Å². The number of fused-ring (bicyclic) bond motifs is 1.